The summed E-state index contributed by atoms with van der Waals surface area (Å²) < 4.78 is 13.7. The molecule has 1 aliphatic heterocycles. The lowest BCUT2D eigenvalue weighted by atomic mass is 10.2. The van der Waals surface area contributed by atoms with Gasteiger partial charge < -0.3 is 20.6 Å². The molecule has 1 unspecified atom stereocenters. The molecular weight excluding hydrogens is 277 g/mol. The smallest absolute Gasteiger partial charge is 0.315 e. The van der Waals surface area contributed by atoms with Crippen LogP contribution >= 0.6 is 0 Å². The summed E-state index contributed by atoms with van der Waals surface area (Å²) in [7, 11) is 0. The quantitative estimate of drug-likeness (QED) is 0.762. The second kappa shape index (κ2) is 6.92. The molecule has 21 heavy (non-hydrogen) atoms. The Bertz CT molecular complexity index is 524. The Hall–Kier alpha value is -2.31. The number of urea groups is 1. The van der Waals surface area contributed by atoms with Gasteiger partial charge in [0.25, 0.3) is 0 Å². The number of rotatable bonds is 5. The number of nitrogens with one attached hydrogen (secondary N) is 2. The van der Waals surface area contributed by atoms with Crippen molar-refractivity contribution in [2.24, 2.45) is 0 Å². The molecule has 1 fully saturated rings. The lowest BCUT2D eigenvalue weighted by Gasteiger charge is -2.19. The van der Waals surface area contributed by atoms with Gasteiger partial charge in [0.05, 0.1) is 12.1 Å². The number of hydrogen-bond acceptors (Lipinski definition) is 3. The van der Waals surface area contributed by atoms with Crippen LogP contribution in [0, 0.1) is 5.82 Å². The second-order valence-corrected chi connectivity index (χ2v) is 4.93. The van der Waals surface area contributed by atoms with Gasteiger partial charge in [0.1, 0.15) is 5.82 Å². The highest BCUT2D eigenvalue weighted by molar-refractivity contribution is 5.75. The Morgan fingerprint density at radius 3 is 2.86 bits per heavy atom. The number of carbonyl (C=O) groups is 2. The molecule has 1 heterocycles. The third-order valence-electron chi connectivity index (χ3n) is 3.34. The largest absolute Gasteiger partial charge is 0.481 e. The first-order valence-corrected chi connectivity index (χ1v) is 6.82. The molecule has 7 heteroatoms. The average molecular weight is 295 g/mol. The van der Waals surface area contributed by atoms with Crippen molar-refractivity contribution in [2.75, 3.05) is 24.5 Å². The fraction of sp³-hybridized carbons (Fsp3) is 0.429. The van der Waals surface area contributed by atoms with Crippen molar-refractivity contribution in [3.05, 3.63) is 30.1 Å². The van der Waals surface area contributed by atoms with E-state index < -0.39 is 12.0 Å². The van der Waals surface area contributed by atoms with Gasteiger partial charge in [0.2, 0.25) is 0 Å². The van der Waals surface area contributed by atoms with E-state index in [4.69, 9.17) is 5.11 Å². The van der Waals surface area contributed by atoms with Gasteiger partial charge in [-0.05, 0) is 18.6 Å². The lowest BCUT2D eigenvalue weighted by Crippen LogP contribution is -2.43. The second-order valence-electron chi connectivity index (χ2n) is 4.93. The minimum atomic E-state index is -0.957. The maximum absolute atomic E-state index is 13.7. The standard InChI is InChI=1S/C14H18FN3O3/c15-11-3-1-2-4-12(11)18-8-6-10(9-18)17-14(21)16-7-5-13(19)20/h1-4,10H,5-9H2,(H,19,20)(H2,16,17,21). The van der Waals surface area contributed by atoms with E-state index in [1.807, 2.05) is 4.90 Å². The third-order valence-corrected chi connectivity index (χ3v) is 3.34. The third kappa shape index (κ3) is 4.34. The number of amides is 2. The van der Waals surface area contributed by atoms with Crippen LogP contribution in [0.25, 0.3) is 0 Å². The minimum absolute atomic E-state index is 0.0746. The molecule has 0 aromatic heterocycles. The van der Waals surface area contributed by atoms with E-state index in [1.54, 1.807) is 18.2 Å². The van der Waals surface area contributed by atoms with E-state index in [-0.39, 0.29) is 24.8 Å². The van der Waals surface area contributed by atoms with Crippen LogP contribution in [0.15, 0.2) is 24.3 Å². The molecule has 0 radical (unpaired) electrons. The molecule has 1 saturated heterocycles. The van der Waals surface area contributed by atoms with Crippen molar-refractivity contribution in [3.63, 3.8) is 0 Å². The molecule has 1 atom stereocenters. The van der Waals surface area contributed by atoms with Gasteiger partial charge in [-0.3, -0.25) is 4.79 Å². The summed E-state index contributed by atoms with van der Waals surface area (Å²) in [5.41, 5.74) is 0.535. The van der Waals surface area contributed by atoms with Gasteiger partial charge in [-0.2, -0.15) is 0 Å². The number of carboxylic acid groups (broad SMARTS) is 1. The summed E-state index contributed by atoms with van der Waals surface area (Å²) in [4.78, 5) is 23.8. The number of carbonyl (C=O) groups excluding carboxylic acids is 1. The zero-order valence-electron chi connectivity index (χ0n) is 11.5. The van der Waals surface area contributed by atoms with Crippen LogP contribution in [0.1, 0.15) is 12.8 Å². The van der Waals surface area contributed by atoms with Crippen LogP contribution < -0.4 is 15.5 Å². The lowest BCUT2D eigenvalue weighted by molar-refractivity contribution is -0.136. The Morgan fingerprint density at radius 1 is 1.38 bits per heavy atom. The van der Waals surface area contributed by atoms with Crippen molar-refractivity contribution in [3.8, 4) is 0 Å². The predicted octanol–water partition coefficient (Wildman–Crippen LogP) is 1.18. The van der Waals surface area contributed by atoms with E-state index in [0.29, 0.717) is 18.8 Å². The van der Waals surface area contributed by atoms with E-state index in [2.05, 4.69) is 10.6 Å². The van der Waals surface area contributed by atoms with E-state index in [9.17, 15) is 14.0 Å². The van der Waals surface area contributed by atoms with Crippen molar-refractivity contribution >= 4 is 17.7 Å². The highest BCUT2D eigenvalue weighted by Gasteiger charge is 2.25. The fourth-order valence-corrected chi connectivity index (χ4v) is 2.32. The summed E-state index contributed by atoms with van der Waals surface area (Å²) in [6.45, 7) is 1.29. The summed E-state index contributed by atoms with van der Waals surface area (Å²) in [5, 5.41) is 13.7. The molecule has 0 bridgehead atoms. The highest BCUT2D eigenvalue weighted by Crippen LogP contribution is 2.23. The number of anilines is 1. The van der Waals surface area contributed by atoms with Gasteiger partial charge in [0.15, 0.2) is 0 Å². The van der Waals surface area contributed by atoms with Crippen LogP contribution in [0.2, 0.25) is 0 Å². The van der Waals surface area contributed by atoms with Gasteiger partial charge in [-0.1, -0.05) is 12.1 Å². The van der Waals surface area contributed by atoms with Gasteiger partial charge in [-0.25, -0.2) is 9.18 Å². The number of aliphatic carboxylic acids is 1. The van der Waals surface area contributed by atoms with Gasteiger partial charge in [0, 0.05) is 25.7 Å². The summed E-state index contributed by atoms with van der Waals surface area (Å²) in [6.07, 6.45) is 0.611. The molecular formula is C14H18FN3O3. The van der Waals surface area contributed by atoms with Crippen molar-refractivity contribution in [1.82, 2.24) is 10.6 Å². The first-order valence-electron chi connectivity index (χ1n) is 6.82. The number of halogens is 1. The van der Waals surface area contributed by atoms with E-state index in [0.717, 1.165) is 6.42 Å². The number of benzene rings is 1. The van der Waals surface area contributed by atoms with Crippen LogP contribution in [0.3, 0.4) is 0 Å². The Morgan fingerprint density at radius 2 is 2.14 bits per heavy atom. The van der Waals surface area contributed by atoms with Crippen molar-refractivity contribution in [2.45, 2.75) is 18.9 Å². The molecule has 1 aromatic carbocycles. The van der Waals surface area contributed by atoms with Crippen LogP contribution in [-0.4, -0.2) is 42.8 Å². The Balaban J connectivity index is 1.79. The zero-order valence-corrected chi connectivity index (χ0v) is 11.5. The van der Waals surface area contributed by atoms with E-state index in [1.165, 1.54) is 6.07 Å². The maximum atomic E-state index is 13.7. The van der Waals surface area contributed by atoms with Crippen molar-refractivity contribution < 1.29 is 19.1 Å². The summed E-state index contributed by atoms with van der Waals surface area (Å²) in [5.74, 6) is -1.23. The topological polar surface area (TPSA) is 81.7 Å². The fourth-order valence-electron chi connectivity index (χ4n) is 2.32. The maximum Gasteiger partial charge on any atom is 0.315 e. The molecule has 1 aromatic rings. The van der Waals surface area contributed by atoms with Gasteiger partial charge >= 0.3 is 12.0 Å². The Kier molecular flexibility index (Phi) is 4.97. The average Bonchev–Trinajstić information content (AvgIpc) is 2.87. The number of nitrogens with zero attached hydrogens (tertiary/aromatic N) is 1. The summed E-state index contributed by atoms with van der Waals surface area (Å²) >= 11 is 0. The molecule has 114 valence electrons. The molecule has 1 aliphatic rings. The predicted molar refractivity (Wildman–Crippen MR) is 75.8 cm³/mol. The van der Waals surface area contributed by atoms with Crippen LogP contribution in [0.4, 0.5) is 14.9 Å². The van der Waals surface area contributed by atoms with Crippen molar-refractivity contribution in [1.29, 1.82) is 0 Å². The molecule has 0 saturated carbocycles. The molecule has 0 spiro atoms. The van der Waals surface area contributed by atoms with Crippen LogP contribution in [-0.2, 0) is 4.79 Å². The highest BCUT2D eigenvalue weighted by atomic mass is 19.1. The molecule has 0 aliphatic carbocycles. The number of para-hydroxylation sites is 1. The normalized spacial score (nSPS) is 17.6. The first-order chi connectivity index (χ1) is 10.1. The molecule has 2 rings (SSSR count). The molecule has 2 amide bonds. The zero-order chi connectivity index (χ0) is 15.2. The minimum Gasteiger partial charge on any atom is -0.481 e. The van der Waals surface area contributed by atoms with E-state index >= 15 is 0 Å². The Labute approximate surface area is 121 Å². The summed E-state index contributed by atoms with van der Waals surface area (Å²) in [6, 6.07) is 6.07. The SMILES string of the molecule is O=C(O)CCNC(=O)NC1CCN(c2ccccc2F)C1. The first kappa shape index (κ1) is 15.1. The number of hydrogen-bond donors (Lipinski definition) is 3. The monoisotopic (exact) mass is 295 g/mol. The number of carboxylic acids is 1. The molecule has 6 nitrogen and oxygen atoms in total. The van der Waals surface area contributed by atoms with Crippen LogP contribution in [0.5, 0.6) is 0 Å². The molecule has 3 N–H and O–H groups in total. The van der Waals surface area contributed by atoms with Gasteiger partial charge in [-0.15, -0.1) is 0 Å².